The second-order valence-corrected chi connectivity index (χ2v) is 18.9. The van der Waals surface area contributed by atoms with Crippen LogP contribution in [0.4, 0.5) is 0 Å². The van der Waals surface area contributed by atoms with Crippen LogP contribution in [0.2, 0.25) is 0 Å². The van der Waals surface area contributed by atoms with E-state index in [0.29, 0.717) is 0 Å². The van der Waals surface area contributed by atoms with Crippen molar-refractivity contribution < 1.29 is 0 Å². The zero-order chi connectivity index (χ0) is 40.5. The molecule has 0 spiro atoms. The van der Waals surface area contributed by atoms with Crippen LogP contribution in [0.1, 0.15) is 0 Å². The maximum Gasteiger partial charge on any atom is 0.0355 e. The van der Waals surface area contributed by atoms with Crippen molar-refractivity contribution in [3.05, 3.63) is 206 Å². The minimum atomic E-state index is 1.22. The minimum Gasteiger partial charge on any atom is -0.135 e. The second-order valence-electron chi connectivity index (χ2n) is 16.7. The van der Waals surface area contributed by atoms with Crippen LogP contribution in [0.15, 0.2) is 206 Å². The smallest absolute Gasteiger partial charge is 0.0355 e. The van der Waals surface area contributed by atoms with Gasteiger partial charge in [0.15, 0.2) is 0 Å². The summed E-state index contributed by atoms with van der Waals surface area (Å²) in [6.45, 7) is 0. The molecule has 0 atom stereocenters. The highest BCUT2D eigenvalue weighted by Crippen LogP contribution is 2.52. The van der Waals surface area contributed by atoms with Crippen LogP contribution in [0.25, 0.3) is 139 Å². The first-order chi connectivity index (χ1) is 30.7. The van der Waals surface area contributed by atoms with Crippen molar-refractivity contribution in [2.24, 2.45) is 0 Å². The van der Waals surface area contributed by atoms with Gasteiger partial charge in [-0.2, -0.15) is 0 Å². The maximum absolute atomic E-state index is 2.51. The van der Waals surface area contributed by atoms with Crippen molar-refractivity contribution in [2.45, 2.75) is 0 Å². The zero-order valence-corrected chi connectivity index (χ0v) is 35.1. The molecular formula is C60H34S2. The van der Waals surface area contributed by atoms with Crippen LogP contribution in [0.3, 0.4) is 0 Å². The lowest BCUT2D eigenvalue weighted by molar-refractivity contribution is 1.53. The Morgan fingerprint density at radius 3 is 1.00 bits per heavy atom. The Kier molecular flexibility index (Phi) is 7.24. The summed E-state index contributed by atoms with van der Waals surface area (Å²) in [7, 11) is 0. The van der Waals surface area contributed by atoms with Crippen LogP contribution in [0.5, 0.6) is 0 Å². The Hall–Kier alpha value is -7.36. The fourth-order valence-corrected chi connectivity index (χ4v) is 12.7. The average molecular weight is 819 g/mol. The number of benzene rings is 11. The van der Waals surface area contributed by atoms with E-state index in [4.69, 9.17) is 0 Å². The number of thiophene rings is 2. The molecule has 0 aliphatic heterocycles. The van der Waals surface area contributed by atoms with Crippen LogP contribution in [0, 0.1) is 0 Å². The maximum atomic E-state index is 2.51. The lowest BCUT2D eigenvalue weighted by Gasteiger charge is -2.25. The molecule has 1 aliphatic rings. The topological polar surface area (TPSA) is 0 Å². The highest BCUT2D eigenvalue weighted by atomic mass is 32.1. The van der Waals surface area contributed by atoms with Gasteiger partial charge in [0.2, 0.25) is 0 Å². The van der Waals surface area contributed by atoms with E-state index >= 15 is 0 Å². The number of hydrogen-bond acceptors (Lipinski definition) is 2. The van der Waals surface area contributed by atoms with Crippen molar-refractivity contribution in [1.82, 2.24) is 0 Å². The molecule has 0 amide bonds. The Morgan fingerprint density at radius 2 is 0.484 bits per heavy atom. The highest BCUT2D eigenvalue weighted by Gasteiger charge is 2.25. The summed E-state index contributed by atoms with van der Waals surface area (Å²) < 4.78 is 5.31. The van der Waals surface area contributed by atoms with Gasteiger partial charge in [-0.15, -0.1) is 22.7 Å². The summed E-state index contributed by atoms with van der Waals surface area (Å²) in [5.41, 5.74) is 14.9. The van der Waals surface area contributed by atoms with Gasteiger partial charge in [-0.25, -0.2) is 0 Å². The van der Waals surface area contributed by atoms with Crippen molar-refractivity contribution in [3.63, 3.8) is 0 Å². The summed E-state index contributed by atoms with van der Waals surface area (Å²) in [5, 5.41) is 13.0. The van der Waals surface area contributed by atoms with Crippen molar-refractivity contribution in [3.8, 4) is 66.8 Å². The zero-order valence-electron chi connectivity index (χ0n) is 33.4. The molecule has 14 rings (SSSR count). The molecule has 2 heterocycles. The predicted molar refractivity (Wildman–Crippen MR) is 271 cm³/mol. The van der Waals surface area contributed by atoms with E-state index < -0.39 is 0 Å². The largest absolute Gasteiger partial charge is 0.135 e. The van der Waals surface area contributed by atoms with Crippen molar-refractivity contribution >= 4 is 95.3 Å². The van der Waals surface area contributed by atoms with Crippen LogP contribution in [-0.4, -0.2) is 0 Å². The minimum absolute atomic E-state index is 1.22. The molecule has 0 nitrogen and oxygen atoms in total. The molecule has 286 valence electrons. The quantitative estimate of drug-likeness (QED) is 0.152. The fraction of sp³-hybridized carbons (Fsp3) is 0. The van der Waals surface area contributed by atoms with Gasteiger partial charge in [-0.3, -0.25) is 0 Å². The molecule has 13 aromatic rings. The second kappa shape index (κ2) is 13.1. The standard InChI is InChI=1S/C60H34S2/c1-5-15-43-39(11-1)40-12-2-6-16-44(40)52-34-54-50-30-36(38-24-28-60-56(32-38)48-18-8-10-20-58(48)62-60)21-25-45(50)41-13-3-4-14-42(41)49-29-35(22-26-46(49)53(54)33-51(43)52)37-23-27-59-55(31-37)47-17-7-9-19-57(47)61-59/h1-34H. The van der Waals surface area contributed by atoms with Crippen molar-refractivity contribution in [1.29, 1.82) is 0 Å². The van der Waals surface area contributed by atoms with E-state index in [-0.39, 0.29) is 0 Å². The summed E-state index contributed by atoms with van der Waals surface area (Å²) in [5.74, 6) is 0. The molecule has 0 radical (unpaired) electrons. The van der Waals surface area contributed by atoms with Crippen LogP contribution >= 0.6 is 22.7 Å². The molecule has 62 heavy (non-hydrogen) atoms. The van der Waals surface area contributed by atoms with E-state index in [0.717, 1.165) is 0 Å². The summed E-state index contributed by atoms with van der Waals surface area (Å²) in [4.78, 5) is 0. The van der Waals surface area contributed by atoms with E-state index in [9.17, 15) is 0 Å². The SMILES string of the molecule is c1ccc2c(c1)-c1ccc(-c3ccc4sc5ccccc5c4c3)cc1-c1cc3c4ccccc4c4ccccc4c3cc1-c1ccc(-c3ccc4sc5ccccc5c4c3)cc1-2. The average Bonchev–Trinajstić information content (AvgIpc) is 3.91. The van der Waals surface area contributed by atoms with Gasteiger partial charge >= 0.3 is 0 Å². The third-order valence-corrected chi connectivity index (χ3v) is 15.7. The lowest BCUT2D eigenvalue weighted by atomic mass is 9.78. The number of fused-ring (bicyclic) bond motifs is 20. The van der Waals surface area contributed by atoms with Crippen LogP contribution in [-0.2, 0) is 0 Å². The third-order valence-electron chi connectivity index (χ3n) is 13.4. The van der Waals surface area contributed by atoms with E-state index in [2.05, 4.69) is 206 Å². The Labute approximate surface area is 366 Å². The first-order valence-electron chi connectivity index (χ1n) is 21.3. The predicted octanol–water partition coefficient (Wildman–Crippen LogP) is 18.2. The molecule has 0 unspecified atom stereocenters. The molecule has 0 saturated carbocycles. The van der Waals surface area contributed by atoms with Gasteiger partial charge in [0, 0.05) is 40.3 Å². The van der Waals surface area contributed by atoms with E-state index in [1.165, 1.54) is 139 Å². The van der Waals surface area contributed by atoms with Gasteiger partial charge in [-0.1, -0.05) is 146 Å². The first kappa shape index (κ1) is 34.4. The summed E-state index contributed by atoms with van der Waals surface area (Å²) >= 11 is 3.75. The molecule has 0 saturated heterocycles. The first-order valence-corrected chi connectivity index (χ1v) is 22.9. The fourth-order valence-electron chi connectivity index (χ4n) is 10.5. The van der Waals surface area contributed by atoms with Gasteiger partial charge in [-0.05, 0) is 160 Å². The number of hydrogen-bond donors (Lipinski definition) is 0. The van der Waals surface area contributed by atoms with Crippen molar-refractivity contribution in [2.75, 3.05) is 0 Å². The Bertz CT molecular complexity index is 4050. The van der Waals surface area contributed by atoms with E-state index in [1.807, 2.05) is 22.7 Å². The van der Waals surface area contributed by atoms with Crippen LogP contribution < -0.4 is 0 Å². The summed E-state index contributed by atoms with van der Waals surface area (Å²) in [6, 6.07) is 78.0. The normalized spacial score (nSPS) is 12.2. The lowest BCUT2D eigenvalue weighted by Crippen LogP contribution is -1.99. The third kappa shape index (κ3) is 4.99. The molecule has 1 aliphatic carbocycles. The molecule has 0 bridgehead atoms. The monoisotopic (exact) mass is 818 g/mol. The van der Waals surface area contributed by atoms with E-state index in [1.54, 1.807) is 0 Å². The van der Waals surface area contributed by atoms with Gasteiger partial charge in [0.25, 0.3) is 0 Å². The molecule has 0 fully saturated rings. The number of rotatable bonds is 2. The molecule has 2 aromatic heterocycles. The van der Waals surface area contributed by atoms with Gasteiger partial charge in [0.05, 0.1) is 0 Å². The molecule has 11 aromatic carbocycles. The van der Waals surface area contributed by atoms with Gasteiger partial charge in [0.1, 0.15) is 0 Å². The molecule has 0 N–H and O–H groups in total. The Balaban J connectivity index is 1.07. The molecular weight excluding hydrogens is 785 g/mol. The summed E-state index contributed by atoms with van der Waals surface area (Å²) in [6.07, 6.45) is 0. The highest BCUT2D eigenvalue weighted by molar-refractivity contribution is 7.26. The Morgan fingerprint density at radius 1 is 0.177 bits per heavy atom. The molecule has 2 heteroatoms. The van der Waals surface area contributed by atoms with Gasteiger partial charge < -0.3 is 0 Å².